The number of ether oxygens (including phenoxy) is 2. The van der Waals surface area contributed by atoms with E-state index in [4.69, 9.17) is 9.47 Å². The summed E-state index contributed by atoms with van der Waals surface area (Å²) in [6, 6.07) is 14.0. The van der Waals surface area contributed by atoms with Crippen LogP contribution in [0.4, 0.5) is 10.5 Å². The summed E-state index contributed by atoms with van der Waals surface area (Å²) in [5.41, 5.74) is 2.09. The van der Waals surface area contributed by atoms with E-state index < -0.39 is 17.7 Å². The van der Waals surface area contributed by atoms with Crippen molar-refractivity contribution in [1.82, 2.24) is 4.90 Å². The lowest BCUT2D eigenvalue weighted by molar-refractivity contribution is -0.133. The molecule has 0 atom stereocenters. The third-order valence-corrected chi connectivity index (χ3v) is 4.16. The van der Waals surface area contributed by atoms with Gasteiger partial charge in [0, 0.05) is 19.3 Å². The standard InChI is InChI=1S/C23H28N2O5/c1-16-9-6-7-10-18(16)14-25(5)20(26)15-29-21(27)17-11-8-12-19(13-17)24-22(28)30-23(2,3)4/h6-13H,14-15H2,1-5H3,(H,24,28). The average Bonchev–Trinajstić information content (AvgIpc) is 2.66. The fourth-order valence-electron chi connectivity index (χ4n) is 2.60. The number of amides is 2. The number of hydrogen-bond donors (Lipinski definition) is 1. The van der Waals surface area contributed by atoms with E-state index in [1.807, 2.05) is 31.2 Å². The number of hydrogen-bond acceptors (Lipinski definition) is 5. The van der Waals surface area contributed by atoms with E-state index in [0.717, 1.165) is 11.1 Å². The average molecular weight is 412 g/mol. The highest BCUT2D eigenvalue weighted by Crippen LogP contribution is 2.15. The van der Waals surface area contributed by atoms with Crippen LogP contribution in [-0.2, 0) is 20.8 Å². The number of likely N-dealkylation sites (N-methyl/N-ethyl adjacent to an activating group) is 1. The molecule has 7 nitrogen and oxygen atoms in total. The van der Waals surface area contributed by atoms with Crippen molar-refractivity contribution < 1.29 is 23.9 Å². The second kappa shape index (κ2) is 9.91. The van der Waals surface area contributed by atoms with Crippen LogP contribution < -0.4 is 5.32 Å². The summed E-state index contributed by atoms with van der Waals surface area (Å²) in [6.07, 6.45) is -0.624. The molecule has 0 spiro atoms. The highest BCUT2D eigenvalue weighted by atomic mass is 16.6. The molecule has 0 aromatic heterocycles. The van der Waals surface area contributed by atoms with E-state index in [2.05, 4.69) is 5.32 Å². The molecule has 2 amide bonds. The maximum atomic E-state index is 12.3. The first-order chi connectivity index (χ1) is 14.0. The third kappa shape index (κ3) is 7.24. The summed E-state index contributed by atoms with van der Waals surface area (Å²) < 4.78 is 10.3. The van der Waals surface area contributed by atoms with Crippen LogP contribution in [0.25, 0.3) is 0 Å². The summed E-state index contributed by atoms with van der Waals surface area (Å²) >= 11 is 0. The Balaban J connectivity index is 1.90. The van der Waals surface area contributed by atoms with Crippen molar-refractivity contribution >= 4 is 23.7 Å². The van der Waals surface area contributed by atoms with E-state index >= 15 is 0 Å². The first kappa shape index (κ1) is 22.9. The van der Waals surface area contributed by atoms with Gasteiger partial charge in [-0.15, -0.1) is 0 Å². The highest BCUT2D eigenvalue weighted by molar-refractivity contribution is 5.93. The van der Waals surface area contributed by atoms with Crippen molar-refractivity contribution in [2.75, 3.05) is 19.0 Å². The number of nitrogens with zero attached hydrogens (tertiary/aromatic N) is 1. The molecule has 2 rings (SSSR count). The van der Waals surface area contributed by atoms with Crippen LogP contribution in [0.15, 0.2) is 48.5 Å². The maximum Gasteiger partial charge on any atom is 0.412 e. The van der Waals surface area contributed by atoms with Crippen LogP contribution in [0.2, 0.25) is 0 Å². The molecule has 0 bridgehead atoms. The van der Waals surface area contributed by atoms with Crippen LogP contribution in [0.5, 0.6) is 0 Å². The number of esters is 1. The molecule has 160 valence electrons. The fourth-order valence-corrected chi connectivity index (χ4v) is 2.60. The molecule has 0 aliphatic carbocycles. The van der Waals surface area contributed by atoms with Gasteiger partial charge in [0.15, 0.2) is 6.61 Å². The van der Waals surface area contributed by atoms with E-state index in [1.165, 1.54) is 11.0 Å². The van der Waals surface area contributed by atoms with Crippen molar-refractivity contribution in [3.8, 4) is 0 Å². The lowest BCUT2D eigenvalue weighted by Crippen LogP contribution is -2.31. The smallest absolute Gasteiger partial charge is 0.412 e. The number of nitrogens with one attached hydrogen (secondary N) is 1. The first-order valence-corrected chi connectivity index (χ1v) is 9.61. The van der Waals surface area contributed by atoms with Crippen molar-refractivity contribution in [2.24, 2.45) is 0 Å². The van der Waals surface area contributed by atoms with Gasteiger partial charge in [-0.1, -0.05) is 30.3 Å². The van der Waals surface area contributed by atoms with Gasteiger partial charge in [0.25, 0.3) is 5.91 Å². The SMILES string of the molecule is Cc1ccccc1CN(C)C(=O)COC(=O)c1cccc(NC(=O)OC(C)(C)C)c1. The Kier molecular flexibility index (Phi) is 7.58. The lowest BCUT2D eigenvalue weighted by atomic mass is 10.1. The zero-order valence-corrected chi connectivity index (χ0v) is 18.0. The molecule has 0 fully saturated rings. The number of aryl methyl sites for hydroxylation is 1. The number of benzene rings is 2. The topological polar surface area (TPSA) is 84.9 Å². The van der Waals surface area contributed by atoms with Crippen LogP contribution in [0.1, 0.15) is 42.3 Å². The Hall–Kier alpha value is -3.35. The molecule has 0 aliphatic heterocycles. The number of carbonyl (C=O) groups excluding carboxylic acids is 3. The predicted molar refractivity (Wildman–Crippen MR) is 114 cm³/mol. The van der Waals surface area contributed by atoms with Crippen molar-refractivity contribution in [1.29, 1.82) is 0 Å². The van der Waals surface area contributed by atoms with Gasteiger partial charge in [-0.05, 0) is 57.0 Å². The van der Waals surface area contributed by atoms with E-state index in [0.29, 0.717) is 12.2 Å². The molecule has 0 heterocycles. The zero-order chi connectivity index (χ0) is 22.3. The van der Waals surface area contributed by atoms with E-state index in [9.17, 15) is 14.4 Å². The van der Waals surface area contributed by atoms with Crippen molar-refractivity contribution in [3.63, 3.8) is 0 Å². The Bertz CT molecular complexity index is 918. The molecule has 0 saturated heterocycles. The fraction of sp³-hybridized carbons (Fsp3) is 0.348. The van der Waals surface area contributed by atoms with Crippen LogP contribution >= 0.6 is 0 Å². The summed E-state index contributed by atoms with van der Waals surface area (Å²) in [5, 5.41) is 2.57. The normalized spacial score (nSPS) is 10.8. The van der Waals surface area contributed by atoms with Gasteiger partial charge in [-0.2, -0.15) is 0 Å². The Morgan fingerprint density at radius 2 is 1.73 bits per heavy atom. The van der Waals surface area contributed by atoms with Gasteiger partial charge in [-0.3, -0.25) is 10.1 Å². The molecule has 0 saturated carbocycles. The second-order valence-corrected chi connectivity index (χ2v) is 7.96. The van der Waals surface area contributed by atoms with Gasteiger partial charge < -0.3 is 14.4 Å². The van der Waals surface area contributed by atoms with Gasteiger partial charge in [0.2, 0.25) is 0 Å². The molecule has 2 aromatic rings. The van der Waals surface area contributed by atoms with Gasteiger partial charge in [-0.25, -0.2) is 9.59 Å². The van der Waals surface area contributed by atoms with E-state index in [1.54, 1.807) is 46.0 Å². The van der Waals surface area contributed by atoms with Crippen LogP contribution in [-0.4, -0.2) is 42.1 Å². The summed E-state index contributed by atoms with van der Waals surface area (Å²) in [6.45, 7) is 7.31. The minimum absolute atomic E-state index is 0.220. The molecule has 30 heavy (non-hydrogen) atoms. The number of anilines is 1. The molecule has 0 aliphatic rings. The van der Waals surface area contributed by atoms with Crippen molar-refractivity contribution in [3.05, 3.63) is 65.2 Å². The van der Waals surface area contributed by atoms with E-state index in [-0.39, 0.29) is 18.1 Å². The molecular weight excluding hydrogens is 384 g/mol. The first-order valence-electron chi connectivity index (χ1n) is 9.61. The van der Waals surface area contributed by atoms with Gasteiger partial charge >= 0.3 is 12.1 Å². The molecule has 1 N–H and O–H groups in total. The van der Waals surface area contributed by atoms with Crippen LogP contribution in [0, 0.1) is 6.92 Å². The molecule has 7 heteroatoms. The lowest BCUT2D eigenvalue weighted by Gasteiger charge is -2.20. The minimum atomic E-state index is -0.652. The van der Waals surface area contributed by atoms with Gasteiger partial charge in [0.05, 0.1) is 5.56 Å². The molecule has 0 unspecified atom stereocenters. The largest absolute Gasteiger partial charge is 0.452 e. The predicted octanol–water partition coefficient (Wildman–Crippen LogP) is 4.16. The monoisotopic (exact) mass is 412 g/mol. The zero-order valence-electron chi connectivity index (χ0n) is 18.0. The number of rotatable bonds is 6. The number of carbonyl (C=O) groups is 3. The Morgan fingerprint density at radius 1 is 1.03 bits per heavy atom. The summed E-state index contributed by atoms with van der Waals surface area (Å²) in [4.78, 5) is 38.0. The summed E-state index contributed by atoms with van der Waals surface area (Å²) in [7, 11) is 1.66. The maximum absolute atomic E-state index is 12.3. The summed E-state index contributed by atoms with van der Waals surface area (Å²) in [5.74, 6) is -0.963. The second-order valence-electron chi connectivity index (χ2n) is 7.96. The minimum Gasteiger partial charge on any atom is -0.452 e. The molecular formula is C23H28N2O5. The Labute approximate surface area is 177 Å². The molecule has 2 aromatic carbocycles. The third-order valence-electron chi connectivity index (χ3n) is 4.16. The molecule has 0 radical (unpaired) electrons. The Morgan fingerprint density at radius 3 is 2.40 bits per heavy atom. The van der Waals surface area contributed by atoms with Crippen LogP contribution in [0.3, 0.4) is 0 Å². The van der Waals surface area contributed by atoms with Gasteiger partial charge in [0.1, 0.15) is 5.60 Å². The quantitative estimate of drug-likeness (QED) is 0.720. The highest BCUT2D eigenvalue weighted by Gasteiger charge is 2.18. The van der Waals surface area contributed by atoms with Crippen molar-refractivity contribution in [2.45, 2.75) is 39.8 Å².